The van der Waals surface area contributed by atoms with E-state index in [0.717, 1.165) is 18.3 Å². The number of hydrogen-bond acceptors (Lipinski definition) is 7. The molecule has 0 aliphatic rings. The van der Waals surface area contributed by atoms with E-state index in [2.05, 4.69) is 10.4 Å². The van der Waals surface area contributed by atoms with Gasteiger partial charge >= 0.3 is 0 Å². The van der Waals surface area contributed by atoms with E-state index >= 15 is 0 Å². The Kier molecular flexibility index (Phi) is 12.3. The fraction of sp³-hybridized carbons (Fsp3) is 0.393. The van der Waals surface area contributed by atoms with Crippen LogP contribution in [0.15, 0.2) is 41.5 Å². The lowest BCUT2D eigenvalue weighted by Crippen LogP contribution is -2.45. The van der Waals surface area contributed by atoms with Crippen LogP contribution >= 0.6 is 0 Å². The number of aliphatic hydroxyl groups excluding tert-OH is 1. The van der Waals surface area contributed by atoms with Crippen molar-refractivity contribution in [1.82, 2.24) is 10.2 Å². The van der Waals surface area contributed by atoms with E-state index < -0.39 is 35.6 Å². The summed E-state index contributed by atoms with van der Waals surface area (Å²) in [6, 6.07) is 5.71. The zero-order chi connectivity index (χ0) is 29.8. The summed E-state index contributed by atoms with van der Waals surface area (Å²) in [6.45, 7) is 4.82. The highest BCUT2D eigenvalue weighted by Gasteiger charge is 2.25. The molecule has 0 aliphatic carbocycles. The molecule has 0 fully saturated rings. The number of aliphatic hydroxyl groups is 1. The molecule has 2 atom stereocenters. The van der Waals surface area contributed by atoms with Crippen LogP contribution in [0.2, 0.25) is 0 Å². The van der Waals surface area contributed by atoms with Gasteiger partial charge in [-0.1, -0.05) is 13.8 Å². The number of carbonyl (C=O) groups excluding carboxylic acids is 3. The van der Waals surface area contributed by atoms with Crippen LogP contribution in [0.1, 0.15) is 76.2 Å². The van der Waals surface area contributed by atoms with Gasteiger partial charge < -0.3 is 32.3 Å². The highest BCUT2D eigenvalue weighted by atomic mass is 19.1. The smallest absolute Gasteiger partial charge is 0.253 e. The van der Waals surface area contributed by atoms with Gasteiger partial charge in [-0.2, -0.15) is 5.10 Å². The molecule has 0 aromatic heterocycles. The van der Waals surface area contributed by atoms with Gasteiger partial charge in [0.1, 0.15) is 11.6 Å². The van der Waals surface area contributed by atoms with E-state index in [1.54, 1.807) is 4.90 Å². The van der Waals surface area contributed by atoms with E-state index in [4.69, 9.17) is 17.0 Å². The molecule has 0 saturated heterocycles. The SMILES string of the molecule is CCCN(CCC)C(=O)c1cc(C(N)=O)cc(C(=O)NC(Cc2cc(F)cc(F)c2)C(O)CCC(=N)/C=N\N)c1. The molecule has 0 aliphatic heterocycles. The average Bonchev–Trinajstić information content (AvgIpc) is 2.90. The van der Waals surface area contributed by atoms with Crippen LogP contribution in [0.25, 0.3) is 0 Å². The average molecular weight is 559 g/mol. The predicted molar refractivity (Wildman–Crippen MR) is 148 cm³/mol. The molecule has 40 heavy (non-hydrogen) atoms. The maximum absolute atomic E-state index is 13.8. The van der Waals surface area contributed by atoms with Gasteiger partial charge in [-0.05, 0) is 68.0 Å². The van der Waals surface area contributed by atoms with Crippen LogP contribution in [0.3, 0.4) is 0 Å². The molecule has 10 nitrogen and oxygen atoms in total. The second-order valence-electron chi connectivity index (χ2n) is 9.43. The summed E-state index contributed by atoms with van der Waals surface area (Å²) in [6.07, 6.45) is 1.20. The highest BCUT2D eigenvalue weighted by molar-refractivity contribution is 6.28. The monoisotopic (exact) mass is 558 g/mol. The molecule has 2 unspecified atom stereocenters. The van der Waals surface area contributed by atoms with Gasteiger partial charge in [0, 0.05) is 35.8 Å². The van der Waals surface area contributed by atoms with E-state index in [9.17, 15) is 28.3 Å². The molecule has 3 amide bonds. The number of nitrogens with zero attached hydrogens (tertiary/aromatic N) is 2. The third kappa shape index (κ3) is 9.53. The van der Waals surface area contributed by atoms with Crippen LogP contribution in [0, 0.1) is 17.0 Å². The summed E-state index contributed by atoms with van der Waals surface area (Å²) in [4.78, 5) is 40.2. The van der Waals surface area contributed by atoms with E-state index in [1.807, 2.05) is 13.8 Å². The number of rotatable bonds is 15. The molecule has 0 heterocycles. The molecule has 216 valence electrons. The number of hydrazone groups is 1. The minimum absolute atomic E-state index is 0.00164. The van der Waals surface area contributed by atoms with Crippen LogP contribution in [-0.4, -0.2) is 64.9 Å². The zero-order valence-corrected chi connectivity index (χ0v) is 22.6. The quantitative estimate of drug-likeness (QED) is 0.128. The zero-order valence-electron chi connectivity index (χ0n) is 22.6. The van der Waals surface area contributed by atoms with Crippen molar-refractivity contribution in [2.45, 2.75) is 58.1 Å². The van der Waals surface area contributed by atoms with Gasteiger partial charge in [0.15, 0.2) is 0 Å². The molecule has 0 radical (unpaired) electrons. The summed E-state index contributed by atoms with van der Waals surface area (Å²) in [5.41, 5.74) is 5.67. The first kappa shape index (κ1) is 32.0. The first-order valence-electron chi connectivity index (χ1n) is 13.0. The Morgan fingerprint density at radius 2 is 1.60 bits per heavy atom. The van der Waals surface area contributed by atoms with Crippen LogP contribution in [-0.2, 0) is 6.42 Å². The minimum Gasteiger partial charge on any atom is -0.391 e. The molecule has 2 aromatic carbocycles. The fourth-order valence-corrected chi connectivity index (χ4v) is 4.24. The number of nitrogens with one attached hydrogen (secondary N) is 2. The van der Waals surface area contributed by atoms with Crippen LogP contribution in [0.4, 0.5) is 8.78 Å². The lowest BCUT2D eigenvalue weighted by Gasteiger charge is -2.25. The van der Waals surface area contributed by atoms with Gasteiger partial charge in [-0.25, -0.2) is 8.78 Å². The summed E-state index contributed by atoms with van der Waals surface area (Å²) >= 11 is 0. The number of nitrogens with two attached hydrogens (primary N) is 2. The van der Waals surface area contributed by atoms with Crippen molar-refractivity contribution in [1.29, 1.82) is 5.41 Å². The van der Waals surface area contributed by atoms with Gasteiger partial charge in [0.2, 0.25) is 5.91 Å². The third-order valence-corrected chi connectivity index (χ3v) is 6.10. The normalized spacial score (nSPS) is 12.6. The van der Waals surface area contributed by atoms with Gasteiger partial charge in [0.25, 0.3) is 11.8 Å². The summed E-state index contributed by atoms with van der Waals surface area (Å²) in [7, 11) is 0. The Hall–Kier alpha value is -4.19. The lowest BCUT2D eigenvalue weighted by molar-refractivity contribution is 0.0755. The van der Waals surface area contributed by atoms with E-state index in [-0.39, 0.29) is 53.1 Å². The van der Waals surface area contributed by atoms with Crippen molar-refractivity contribution >= 4 is 29.6 Å². The largest absolute Gasteiger partial charge is 0.391 e. The van der Waals surface area contributed by atoms with E-state index in [0.29, 0.717) is 32.0 Å². The van der Waals surface area contributed by atoms with Crippen LogP contribution < -0.4 is 16.9 Å². The highest BCUT2D eigenvalue weighted by Crippen LogP contribution is 2.17. The maximum atomic E-state index is 13.8. The van der Waals surface area contributed by atoms with E-state index in [1.165, 1.54) is 18.2 Å². The molecule has 0 bridgehead atoms. The first-order chi connectivity index (χ1) is 19.0. The van der Waals surface area contributed by atoms with Crippen molar-refractivity contribution in [2.75, 3.05) is 13.1 Å². The lowest BCUT2D eigenvalue weighted by atomic mass is 9.96. The second-order valence-corrected chi connectivity index (χ2v) is 9.43. The molecule has 12 heteroatoms. The molecule has 7 N–H and O–H groups in total. The molecule has 0 spiro atoms. The fourth-order valence-electron chi connectivity index (χ4n) is 4.24. The Balaban J connectivity index is 2.41. The van der Waals surface area contributed by atoms with Gasteiger partial charge in [-0.15, -0.1) is 0 Å². The second kappa shape index (κ2) is 15.4. The molecular weight excluding hydrogens is 522 g/mol. The minimum atomic E-state index is -1.24. The molecule has 2 rings (SSSR count). The van der Waals surface area contributed by atoms with Crippen molar-refractivity contribution in [3.63, 3.8) is 0 Å². The summed E-state index contributed by atoms with van der Waals surface area (Å²) < 4.78 is 27.7. The molecule has 2 aromatic rings. The topological polar surface area (TPSA) is 175 Å². The number of benzene rings is 2. The number of primary amides is 1. The van der Waals surface area contributed by atoms with Crippen molar-refractivity contribution < 1.29 is 28.3 Å². The number of carbonyl (C=O) groups is 3. The van der Waals surface area contributed by atoms with Crippen molar-refractivity contribution in [2.24, 2.45) is 16.7 Å². The van der Waals surface area contributed by atoms with Gasteiger partial charge in [-0.3, -0.25) is 14.4 Å². The number of hydrogen-bond donors (Lipinski definition) is 5. The molecular formula is C28H36F2N6O4. The standard InChI is InChI=1S/C28H36F2N6O4/c1-3-7-36(8-4-2)28(40)20-13-18(26(32)38)12-19(14-20)27(39)35-24(25(37)6-5-23(31)16-34-33)11-17-9-21(29)15-22(30)10-17/h9-10,12-16,24-25,31,37H,3-8,11,33H2,1-2H3,(H2,32,38)(H,35,39)/b31-23?,34-16-. The van der Waals surface area contributed by atoms with Crippen molar-refractivity contribution in [3.05, 3.63) is 70.3 Å². The number of amides is 3. The molecule has 0 saturated carbocycles. The van der Waals surface area contributed by atoms with Gasteiger partial charge in [0.05, 0.1) is 24.1 Å². The summed E-state index contributed by atoms with van der Waals surface area (Å²) in [5.74, 6) is 1.46. The Morgan fingerprint density at radius 1 is 1.02 bits per heavy atom. The van der Waals surface area contributed by atoms with Crippen molar-refractivity contribution in [3.8, 4) is 0 Å². The summed E-state index contributed by atoms with van der Waals surface area (Å²) in [5, 5.41) is 24.6. The third-order valence-electron chi connectivity index (χ3n) is 6.10. The first-order valence-corrected chi connectivity index (χ1v) is 13.0. The predicted octanol–water partition coefficient (Wildman–Crippen LogP) is 2.77. The van der Waals surface area contributed by atoms with Crippen LogP contribution in [0.5, 0.6) is 0 Å². The maximum Gasteiger partial charge on any atom is 0.253 e. The Morgan fingerprint density at radius 3 is 2.15 bits per heavy atom. The Labute approximate surface area is 231 Å². The number of halogens is 2. The Bertz CT molecular complexity index is 1230.